The summed E-state index contributed by atoms with van der Waals surface area (Å²) in [5.41, 5.74) is 5.47. The predicted octanol–water partition coefficient (Wildman–Crippen LogP) is 1.42. The third-order valence-electron chi connectivity index (χ3n) is 6.01. The maximum Gasteiger partial charge on any atom is 0.219 e. The SMILES string of the molecule is CCCCCCC(=O)NCCCCCC(=O)NCCCCCS[C@@H]1OC(CO)[C@H](O)C(O)C1N. The number of ether oxygens (including phenoxy) is 1. The number of hydrogen-bond donors (Lipinski definition) is 6. The summed E-state index contributed by atoms with van der Waals surface area (Å²) in [6.07, 6.45) is 7.85. The number of aliphatic hydroxyl groups excluding tert-OH is 3. The first-order chi connectivity index (χ1) is 16.4. The van der Waals surface area contributed by atoms with E-state index >= 15 is 0 Å². The molecule has 1 saturated heterocycles. The van der Waals surface area contributed by atoms with Crippen molar-refractivity contribution in [3.05, 3.63) is 0 Å². The predicted molar refractivity (Wildman–Crippen MR) is 135 cm³/mol. The molecule has 0 aromatic heterocycles. The molecule has 34 heavy (non-hydrogen) atoms. The van der Waals surface area contributed by atoms with Gasteiger partial charge in [0.25, 0.3) is 0 Å². The average Bonchev–Trinajstić information content (AvgIpc) is 2.83. The average molecular weight is 506 g/mol. The summed E-state index contributed by atoms with van der Waals surface area (Å²) in [5, 5.41) is 34.9. The molecule has 1 rings (SSSR count). The topological polar surface area (TPSA) is 154 Å². The molecule has 0 aromatic carbocycles. The van der Waals surface area contributed by atoms with Crippen LogP contribution in [0.1, 0.15) is 84.0 Å². The Hall–Kier alpha value is -0.910. The number of carbonyl (C=O) groups is 2. The molecule has 1 aliphatic rings. The van der Waals surface area contributed by atoms with Crippen LogP contribution in [0.25, 0.3) is 0 Å². The lowest BCUT2D eigenvalue weighted by atomic mass is 9.99. The molecule has 10 heteroatoms. The highest BCUT2D eigenvalue weighted by atomic mass is 32.2. The number of thioether (sulfide) groups is 1. The third kappa shape index (κ3) is 13.3. The van der Waals surface area contributed by atoms with Gasteiger partial charge in [-0.05, 0) is 37.9 Å². The van der Waals surface area contributed by atoms with Gasteiger partial charge in [-0.2, -0.15) is 0 Å². The van der Waals surface area contributed by atoms with E-state index in [1.165, 1.54) is 24.6 Å². The van der Waals surface area contributed by atoms with E-state index < -0.39 is 29.8 Å². The van der Waals surface area contributed by atoms with Crippen molar-refractivity contribution in [2.24, 2.45) is 5.73 Å². The molecular formula is C24H47N3O6S. The van der Waals surface area contributed by atoms with Gasteiger partial charge in [0.15, 0.2) is 0 Å². The second-order valence-electron chi connectivity index (χ2n) is 9.04. The summed E-state index contributed by atoms with van der Waals surface area (Å²) in [5.74, 6) is 0.980. The molecule has 9 nitrogen and oxygen atoms in total. The van der Waals surface area contributed by atoms with E-state index in [0.29, 0.717) is 25.9 Å². The lowest BCUT2D eigenvalue weighted by Crippen LogP contribution is -2.60. The van der Waals surface area contributed by atoms with Crippen molar-refractivity contribution in [1.82, 2.24) is 10.6 Å². The van der Waals surface area contributed by atoms with E-state index in [0.717, 1.165) is 57.1 Å². The highest BCUT2D eigenvalue weighted by Gasteiger charge is 2.42. The molecular weight excluding hydrogens is 458 g/mol. The summed E-state index contributed by atoms with van der Waals surface area (Å²) in [4.78, 5) is 23.6. The van der Waals surface area contributed by atoms with Gasteiger partial charge >= 0.3 is 0 Å². The van der Waals surface area contributed by atoms with Gasteiger partial charge in [0.05, 0.1) is 12.6 Å². The van der Waals surface area contributed by atoms with Gasteiger partial charge < -0.3 is 36.4 Å². The molecule has 0 saturated carbocycles. The van der Waals surface area contributed by atoms with Crippen molar-refractivity contribution < 1.29 is 29.6 Å². The molecule has 7 N–H and O–H groups in total. The van der Waals surface area contributed by atoms with E-state index in [-0.39, 0.29) is 18.4 Å². The van der Waals surface area contributed by atoms with Crippen molar-refractivity contribution in [2.45, 2.75) is 114 Å². The van der Waals surface area contributed by atoms with Gasteiger partial charge in [-0.1, -0.05) is 39.0 Å². The fraction of sp³-hybridized carbons (Fsp3) is 0.917. The number of hydrogen-bond acceptors (Lipinski definition) is 8. The summed E-state index contributed by atoms with van der Waals surface area (Å²) < 4.78 is 5.59. The first-order valence-corrected chi connectivity index (χ1v) is 14.0. The van der Waals surface area contributed by atoms with Gasteiger partial charge in [0.1, 0.15) is 23.7 Å². The van der Waals surface area contributed by atoms with Gasteiger partial charge in [-0.15, -0.1) is 11.8 Å². The standard InChI is InChI=1S/C24H47N3O6S/c1-2-3-4-7-12-19(29)26-14-9-5-8-13-20(30)27-15-10-6-11-16-34-24-21(25)23(32)22(31)18(17-28)33-24/h18,21-24,28,31-32H,2-17,25H2,1H3,(H,26,29)(H,27,30)/t18?,21?,22-,23?,24-/m0/s1. The highest BCUT2D eigenvalue weighted by molar-refractivity contribution is 7.99. The largest absolute Gasteiger partial charge is 0.394 e. The molecule has 1 fully saturated rings. The Morgan fingerprint density at radius 3 is 1.97 bits per heavy atom. The summed E-state index contributed by atoms with van der Waals surface area (Å²) in [6.45, 7) is 3.12. The molecule has 1 heterocycles. The first kappa shape index (κ1) is 31.1. The number of nitrogens with one attached hydrogen (secondary N) is 2. The second kappa shape index (κ2) is 19.3. The van der Waals surface area contributed by atoms with E-state index in [9.17, 15) is 24.9 Å². The smallest absolute Gasteiger partial charge is 0.219 e. The minimum Gasteiger partial charge on any atom is -0.394 e. The molecule has 5 atom stereocenters. The Balaban J connectivity index is 1.94. The number of amides is 2. The van der Waals surface area contributed by atoms with Crippen LogP contribution < -0.4 is 16.4 Å². The lowest BCUT2D eigenvalue weighted by molar-refractivity contribution is -0.165. The Morgan fingerprint density at radius 2 is 1.41 bits per heavy atom. The number of nitrogens with two attached hydrogens (primary N) is 1. The van der Waals surface area contributed by atoms with Crippen molar-refractivity contribution >= 4 is 23.6 Å². The zero-order valence-electron chi connectivity index (χ0n) is 20.8. The fourth-order valence-electron chi connectivity index (χ4n) is 3.79. The van der Waals surface area contributed by atoms with E-state index in [1.807, 2.05) is 0 Å². The molecule has 0 radical (unpaired) electrons. The Bertz CT molecular complexity index is 555. The molecule has 200 valence electrons. The van der Waals surface area contributed by atoms with Crippen LogP contribution in [-0.2, 0) is 14.3 Å². The second-order valence-corrected chi connectivity index (χ2v) is 10.2. The quantitative estimate of drug-likeness (QED) is 0.144. The minimum atomic E-state index is -1.17. The van der Waals surface area contributed by atoms with E-state index in [2.05, 4.69) is 17.6 Å². The lowest BCUT2D eigenvalue weighted by Gasteiger charge is -2.40. The number of rotatable bonds is 19. The van der Waals surface area contributed by atoms with Crippen LogP contribution >= 0.6 is 11.8 Å². The van der Waals surface area contributed by atoms with Gasteiger partial charge in [0.2, 0.25) is 11.8 Å². The zero-order valence-corrected chi connectivity index (χ0v) is 21.6. The van der Waals surface area contributed by atoms with Crippen molar-refractivity contribution in [3.8, 4) is 0 Å². The zero-order chi connectivity index (χ0) is 25.2. The van der Waals surface area contributed by atoms with Gasteiger partial charge in [-0.3, -0.25) is 9.59 Å². The van der Waals surface area contributed by atoms with Gasteiger partial charge in [0, 0.05) is 25.9 Å². The number of carbonyl (C=O) groups excluding carboxylic acids is 2. The highest BCUT2D eigenvalue weighted by Crippen LogP contribution is 2.28. The van der Waals surface area contributed by atoms with Crippen molar-refractivity contribution in [3.63, 3.8) is 0 Å². The van der Waals surface area contributed by atoms with Crippen molar-refractivity contribution in [2.75, 3.05) is 25.4 Å². The normalized spacial score (nSPS) is 24.7. The molecule has 0 aromatic rings. The minimum absolute atomic E-state index is 0.0681. The van der Waals surface area contributed by atoms with Crippen LogP contribution in [0, 0.1) is 0 Å². The summed E-state index contributed by atoms with van der Waals surface area (Å²) >= 11 is 1.48. The first-order valence-electron chi connectivity index (χ1n) is 12.9. The summed E-state index contributed by atoms with van der Waals surface area (Å²) in [7, 11) is 0. The number of aliphatic hydroxyl groups is 3. The molecule has 0 bridgehead atoms. The van der Waals surface area contributed by atoms with Gasteiger partial charge in [-0.25, -0.2) is 0 Å². The maximum absolute atomic E-state index is 11.9. The Labute approximate surface area is 209 Å². The van der Waals surface area contributed by atoms with Crippen LogP contribution in [0.4, 0.5) is 0 Å². The van der Waals surface area contributed by atoms with Crippen molar-refractivity contribution in [1.29, 1.82) is 0 Å². The third-order valence-corrected chi connectivity index (χ3v) is 7.29. The summed E-state index contributed by atoms with van der Waals surface area (Å²) in [6, 6.07) is -0.700. The molecule has 2 amide bonds. The molecule has 1 aliphatic heterocycles. The monoisotopic (exact) mass is 505 g/mol. The molecule has 0 aliphatic carbocycles. The van der Waals surface area contributed by atoms with Crippen LogP contribution in [0.5, 0.6) is 0 Å². The maximum atomic E-state index is 11.9. The van der Waals surface area contributed by atoms with Crippen LogP contribution in [0.3, 0.4) is 0 Å². The van der Waals surface area contributed by atoms with E-state index in [4.69, 9.17) is 10.5 Å². The van der Waals surface area contributed by atoms with Crippen LogP contribution in [0.2, 0.25) is 0 Å². The van der Waals surface area contributed by atoms with Crippen LogP contribution in [-0.4, -0.2) is 82.4 Å². The molecule has 0 spiro atoms. The van der Waals surface area contributed by atoms with Crippen LogP contribution in [0.15, 0.2) is 0 Å². The Morgan fingerprint density at radius 1 is 0.853 bits per heavy atom. The molecule has 3 unspecified atom stereocenters. The van der Waals surface area contributed by atoms with E-state index in [1.54, 1.807) is 0 Å². The number of unbranched alkanes of at least 4 members (excludes halogenated alkanes) is 7. The fourth-order valence-corrected chi connectivity index (χ4v) is 5.00. The Kier molecular flexibility index (Phi) is 17.7.